The minimum atomic E-state index is -0.309. The molecule has 2 heterocycles. The van der Waals surface area contributed by atoms with E-state index in [2.05, 4.69) is 22.8 Å². The van der Waals surface area contributed by atoms with E-state index >= 15 is 0 Å². The van der Waals surface area contributed by atoms with Crippen molar-refractivity contribution in [2.45, 2.75) is 65.0 Å². The van der Waals surface area contributed by atoms with Crippen molar-refractivity contribution in [2.75, 3.05) is 0 Å². The highest BCUT2D eigenvalue weighted by Crippen LogP contribution is 2.40. The van der Waals surface area contributed by atoms with Crippen molar-refractivity contribution >= 4 is 12.1 Å². The lowest BCUT2D eigenvalue weighted by atomic mass is 9.80. The Kier molecular flexibility index (Phi) is 4.62. The number of amides is 4. The smallest absolute Gasteiger partial charge is 0.319 e. The van der Waals surface area contributed by atoms with Crippen molar-refractivity contribution in [3.8, 4) is 0 Å². The van der Waals surface area contributed by atoms with Gasteiger partial charge in [-0.3, -0.25) is 0 Å². The Labute approximate surface area is 149 Å². The van der Waals surface area contributed by atoms with Crippen LogP contribution in [0.25, 0.3) is 0 Å². The molecule has 2 N–H and O–H groups in total. The highest BCUT2D eigenvalue weighted by Gasteiger charge is 2.52. The number of nitrogens with zero attached hydrogens (tertiary/aromatic N) is 2. The van der Waals surface area contributed by atoms with Crippen molar-refractivity contribution < 1.29 is 9.59 Å². The van der Waals surface area contributed by atoms with Gasteiger partial charge in [0.25, 0.3) is 0 Å². The Morgan fingerprint density at radius 1 is 0.880 bits per heavy atom. The van der Waals surface area contributed by atoms with Crippen LogP contribution in [0, 0.1) is 5.92 Å². The molecule has 0 aromatic heterocycles. The average Bonchev–Trinajstić information content (AvgIpc) is 2.53. The van der Waals surface area contributed by atoms with Gasteiger partial charge in [0.2, 0.25) is 0 Å². The third-order valence-electron chi connectivity index (χ3n) is 5.25. The molecule has 4 amide bonds. The Balaban J connectivity index is 2.10. The number of fused-ring (bicyclic) bond motifs is 1. The van der Waals surface area contributed by atoms with Gasteiger partial charge in [-0.1, -0.05) is 30.3 Å². The van der Waals surface area contributed by atoms with Crippen LogP contribution >= 0.6 is 0 Å². The van der Waals surface area contributed by atoms with Gasteiger partial charge in [0.1, 0.15) is 6.17 Å². The monoisotopic (exact) mass is 344 g/mol. The van der Waals surface area contributed by atoms with Gasteiger partial charge in [-0.05, 0) is 40.2 Å². The summed E-state index contributed by atoms with van der Waals surface area (Å²) in [6.45, 7) is 10.0. The third kappa shape index (κ3) is 2.94. The van der Waals surface area contributed by atoms with E-state index in [1.165, 1.54) is 0 Å². The van der Waals surface area contributed by atoms with E-state index in [0.717, 1.165) is 5.56 Å². The summed E-state index contributed by atoms with van der Waals surface area (Å²) in [7, 11) is 0. The predicted octanol–water partition coefficient (Wildman–Crippen LogP) is 2.93. The lowest BCUT2D eigenvalue weighted by molar-refractivity contribution is -0.0116. The highest BCUT2D eigenvalue weighted by atomic mass is 16.2. The second-order valence-electron chi connectivity index (χ2n) is 7.57. The van der Waals surface area contributed by atoms with Gasteiger partial charge in [-0.25, -0.2) is 9.59 Å². The normalized spacial score (nSPS) is 29.6. The maximum Gasteiger partial charge on any atom is 0.319 e. The predicted molar refractivity (Wildman–Crippen MR) is 96.9 cm³/mol. The second-order valence-corrected chi connectivity index (χ2v) is 7.57. The molecular formula is C19H28N4O2. The van der Waals surface area contributed by atoms with Crippen LogP contribution in [0.4, 0.5) is 9.59 Å². The van der Waals surface area contributed by atoms with Crippen LogP contribution in [0.1, 0.15) is 46.2 Å². The lowest BCUT2D eigenvalue weighted by Crippen LogP contribution is -2.74. The fraction of sp³-hybridized carbons (Fsp3) is 0.579. The molecule has 6 heteroatoms. The largest absolute Gasteiger partial charge is 0.335 e. The average molecular weight is 344 g/mol. The maximum atomic E-state index is 12.9. The van der Waals surface area contributed by atoms with E-state index in [-0.39, 0.29) is 48.3 Å². The summed E-state index contributed by atoms with van der Waals surface area (Å²) in [5, 5.41) is 6.19. The molecule has 25 heavy (non-hydrogen) atoms. The number of carbonyl (C=O) groups is 2. The Hall–Kier alpha value is -2.24. The zero-order valence-electron chi connectivity index (χ0n) is 15.6. The van der Waals surface area contributed by atoms with Crippen molar-refractivity contribution in [3.05, 3.63) is 35.9 Å². The molecule has 0 saturated carbocycles. The number of carbonyl (C=O) groups excluding carboxylic acids is 2. The molecule has 2 aliphatic heterocycles. The Bertz CT molecular complexity index is 646. The van der Waals surface area contributed by atoms with Crippen molar-refractivity contribution in [2.24, 2.45) is 5.92 Å². The summed E-state index contributed by atoms with van der Waals surface area (Å²) in [6, 6.07) is 9.82. The van der Waals surface area contributed by atoms with Gasteiger partial charge in [0.05, 0.1) is 6.04 Å². The van der Waals surface area contributed by atoms with Crippen molar-refractivity contribution in [1.29, 1.82) is 0 Å². The number of benzene rings is 1. The topological polar surface area (TPSA) is 64.7 Å². The fourth-order valence-corrected chi connectivity index (χ4v) is 4.22. The Morgan fingerprint density at radius 2 is 1.44 bits per heavy atom. The Morgan fingerprint density at radius 3 is 2.00 bits per heavy atom. The summed E-state index contributed by atoms with van der Waals surface area (Å²) in [4.78, 5) is 29.1. The van der Waals surface area contributed by atoms with E-state index in [1.54, 1.807) is 4.90 Å². The molecule has 136 valence electrons. The molecule has 0 aliphatic carbocycles. The molecule has 2 unspecified atom stereocenters. The molecule has 2 aliphatic rings. The first-order chi connectivity index (χ1) is 11.8. The SMILES string of the molecule is CC1NC(=O)N(C(C)C)[C@@H]2NC(=O)N(C(C)C)C(c3ccccc3)[C@H]12. The van der Waals surface area contributed by atoms with E-state index < -0.39 is 0 Å². The van der Waals surface area contributed by atoms with E-state index in [9.17, 15) is 9.59 Å². The number of nitrogens with one attached hydrogen (secondary N) is 2. The molecule has 6 nitrogen and oxygen atoms in total. The number of urea groups is 2. The van der Waals surface area contributed by atoms with Crippen molar-refractivity contribution in [3.63, 3.8) is 0 Å². The van der Waals surface area contributed by atoms with Crippen LogP contribution in [-0.4, -0.2) is 46.2 Å². The quantitative estimate of drug-likeness (QED) is 0.885. The second kappa shape index (κ2) is 6.58. The van der Waals surface area contributed by atoms with Gasteiger partial charge >= 0.3 is 12.1 Å². The van der Waals surface area contributed by atoms with E-state index in [1.807, 2.05) is 57.7 Å². The van der Waals surface area contributed by atoms with Gasteiger partial charge in [0.15, 0.2) is 0 Å². The zero-order valence-corrected chi connectivity index (χ0v) is 15.6. The van der Waals surface area contributed by atoms with Gasteiger partial charge in [0, 0.05) is 24.0 Å². The molecule has 4 atom stereocenters. The first kappa shape index (κ1) is 17.6. The molecule has 0 bridgehead atoms. The summed E-state index contributed by atoms with van der Waals surface area (Å²) in [6.07, 6.45) is -0.309. The molecule has 1 aromatic rings. The molecule has 0 radical (unpaired) electrons. The molecule has 1 aromatic carbocycles. The lowest BCUT2D eigenvalue weighted by Gasteiger charge is -2.55. The van der Waals surface area contributed by atoms with Gasteiger partial charge in [-0.15, -0.1) is 0 Å². The number of hydrogen-bond donors (Lipinski definition) is 2. The molecule has 0 spiro atoms. The standard InChI is InChI=1S/C19H28N4O2/c1-11(2)22-16(14-9-7-6-8-10-14)15-13(5)20-18(24)23(12(3)4)17(15)21-19(22)25/h6-13,15-17H,1-5H3,(H,20,24)(H,21,25)/t13?,15-,16?,17-/m0/s1. The van der Waals surface area contributed by atoms with E-state index in [0.29, 0.717) is 0 Å². The molecule has 3 rings (SSSR count). The maximum absolute atomic E-state index is 12.9. The van der Waals surface area contributed by atoms with Crippen LogP contribution in [0.5, 0.6) is 0 Å². The minimum Gasteiger partial charge on any atom is -0.335 e. The summed E-state index contributed by atoms with van der Waals surface area (Å²) in [5.41, 5.74) is 1.10. The van der Waals surface area contributed by atoms with Crippen molar-refractivity contribution in [1.82, 2.24) is 20.4 Å². The summed E-state index contributed by atoms with van der Waals surface area (Å²) >= 11 is 0. The van der Waals surface area contributed by atoms with E-state index in [4.69, 9.17) is 0 Å². The fourth-order valence-electron chi connectivity index (χ4n) is 4.22. The van der Waals surface area contributed by atoms with Gasteiger partial charge < -0.3 is 20.4 Å². The molecule has 2 saturated heterocycles. The van der Waals surface area contributed by atoms with Crippen LogP contribution in [-0.2, 0) is 0 Å². The highest BCUT2D eigenvalue weighted by molar-refractivity contribution is 5.81. The molecule has 2 fully saturated rings. The van der Waals surface area contributed by atoms with Crippen LogP contribution < -0.4 is 10.6 Å². The van der Waals surface area contributed by atoms with Gasteiger partial charge in [-0.2, -0.15) is 0 Å². The number of rotatable bonds is 3. The summed E-state index contributed by atoms with van der Waals surface area (Å²) in [5.74, 6) is 0.0580. The van der Waals surface area contributed by atoms with Crippen LogP contribution in [0.15, 0.2) is 30.3 Å². The first-order valence-corrected chi connectivity index (χ1v) is 9.05. The van der Waals surface area contributed by atoms with Crippen LogP contribution in [0.2, 0.25) is 0 Å². The zero-order chi connectivity index (χ0) is 18.3. The summed E-state index contributed by atoms with van der Waals surface area (Å²) < 4.78 is 0. The number of hydrogen-bond acceptors (Lipinski definition) is 2. The first-order valence-electron chi connectivity index (χ1n) is 9.05. The third-order valence-corrected chi connectivity index (χ3v) is 5.25. The minimum absolute atomic E-state index is 0.00215. The van der Waals surface area contributed by atoms with Crippen LogP contribution in [0.3, 0.4) is 0 Å². The molecular weight excluding hydrogens is 316 g/mol.